The van der Waals surface area contributed by atoms with Gasteiger partial charge in [-0.25, -0.2) is 0 Å². The summed E-state index contributed by atoms with van der Waals surface area (Å²) in [6.45, 7) is 0. The van der Waals surface area contributed by atoms with Crippen molar-refractivity contribution in [3.63, 3.8) is 0 Å². The minimum absolute atomic E-state index is 0.00456. The van der Waals surface area contributed by atoms with Gasteiger partial charge in [-0.05, 0) is 66.8 Å². The van der Waals surface area contributed by atoms with Crippen LogP contribution in [0.25, 0.3) is 0 Å². The summed E-state index contributed by atoms with van der Waals surface area (Å²) in [5, 5.41) is 23.5. The van der Waals surface area contributed by atoms with E-state index in [0.717, 1.165) is 5.01 Å². The lowest BCUT2D eigenvalue weighted by Gasteiger charge is -2.50. The van der Waals surface area contributed by atoms with Gasteiger partial charge >= 0.3 is 0 Å². The van der Waals surface area contributed by atoms with Crippen molar-refractivity contribution >= 4 is 52.5 Å². The van der Waals surface area contributed by atoms with Crippen LogP contribution in [0, 0.1) is 23.7 Å². The number of allylic oxidation sites excluding steroid dienone is 2. The second-order valence-corrected chi connectivity index (χ2v) is 12.9. The summed E-state index contributed by atoms with van der Waals surface area (Å²) in [6.07, 6.45) is 1.91. The first-order valence-corrected chi connectivity index (χ1v) is 15.7. The van der Waals surface area contributed by atoms with Crippen LogP contribution in [0.2, 0.25) is 10.0 Å². The van der Waals surface area contributed by atoms with Crippen LogP contribution in [-0.4, -0.2) is 58.2 Å². The van der Waals surface area contributed by atoms with Gasteiger partial charge < -0.3 is 14.6 Å². The molecular formula is C34H29Cl2N3O8. The summed E-state index contributed by atoms with van der Waals surface area (Å²) >= 11 is 12.6. The Balaban J connectivity index is 1.51. The van der Waals surface area contributed by atoms with E-state index in [4.69, 9.17) is 32.7 Å². The van der Waals surface area contributed by atoms with Gasteiger partial charge in [0.25, 0.3) is 23.6 Å². The molecule has 4 aliphatic rings. The van der Waals surface area contributed by atoms with Gasteiger partial charge in [0.05, 0.1) is 48.1 Å². The van der Waals surface area contributed by atoms with E-state index in [0.29, 0.717) is 21.9 Å². The quantitative estimate of drug-likeness (QED) is 0.184. The molecule has 0 radical (unpaired) electrons. The molecular weight excluding hydrogens is 649 g/mol. The number of nitrogens with one attached hydrogen (secondary N) is 1. The zero-order valence-corrected chi connectivity index (χ0v) is 26.7. The van der Waals surface area contributed by atoms with Crippen molar-refractivity contribution in [2.75, 3.05) is 19.6 Å². The first-order chi connectivity index (χ1) is 22.5. The largest absolute Gasteiger partial charge is 0.508 e. The molecule has 0 spiro atoms. The zero-order valence-electron chi connectivity index (χ0n) is 25.1. The summed E-state index contributed by atoms with van der Waals surface area (Å²) in [7, 11) is 2.94. The number of amides is 4. The van der Waals surface area contributed by atoms with Crippen molar-refractivity contribution in [2.24, 2.45) is 23.7 Å². The Morgan fingerprint density at radius 3 is 2.34 bits per heavy atom. The van der Waals surface area contributed by atoms with E-state index in [-0.39, 0.29) is 45.7 Å². The molecule has 3 aromatic rings. The van der Waals surface area contributed by atoms with E-state index in [2.05, 4.69) is 5.43 Å². The lowest BCUT2D eigenvalue weighted by molar-refractivity contribution is -0.173. The Morgan fingerprint density at radius 1 is 0.915 bits per heavy atom. The third-order valence-corrected chi connectivity index (χ3v) is 10.7. The van der Waals surface area contributed by atoms with Gasteiger partial charge in [0.1, 0.15) is 17.2 Å². The van der Waals surface area contributed by atoms with Crippen molar-refractivity contribution in [3.8, 4) is 17.2 Å². The van der Waals surface area contributed by atoms with Gasteiger partial charge in [0.15, 0.2) is 0 Å². The predicted molar refractivity (Wildman–Crippen MR) is 169 cm³/mol. The average molecular weight is 679 g/mol. The molecule has 2 saturated heterocycles. The summed E-state index contributed by atoms with van der Waals surface area (Å²) in [5.74, 6) is -6.81. The number of hydroxylamine groups is 2. The molecule has 47 heavy (non-hydrogen) atoms. The van der Waals surface area contributed by atoms with E-state index in [1.165, 1.54) is 26.4 Å². The Labute approximate surface area is 279 Å². The maximum atomic E-state index is 15.2. The summed E-state index contributed by atoms with van der Waals surface area (Å²) in [6, 6.07) is 16.1. The number of halogens is 2. The van der Waals surface area contributed by atoms with Crippen molar-refractivity contribution in [1.82, 2.24) is 10.1 Å². The number of phenolic OH excluding ortho intramolecular Hbond substituents is 1. The molecule has 242 valence electrons. The highest BCUT2D eigenvalue weighted by atomic mass is 35.5. The number of nitrogens with zero attached hydrogens (tertiary/aromatic N) is 2. The first kappa shape index (κ1) is 31.0. The molecule has 6 atom stereocenters. The minimum atomic E-state index is -1.68. The van der Waals surface area contributed by atoms with Crippen LogP contribution in [0.1, 0.15) is 29.9 Å². The van der Waals surface area contributed by atoms with Crippen molar-refractivity contribution in [1.29, 1.82) is 0 Å². The van der Waals surface area contributed by atoms with E-state index in [1.54, 1.807) is 54.6 Å². The molecule has 13 heteroatoms. The number of carbonyl (C=O) groups excluding carboxylic acids is 4. The highest BCUT2D eigenvalue weighted by Gasteiger charge is 2.71. The molecule has 2 aliphatic carbocycles. The van der Waals surface area contributed by atoms with E-state index >= 15 is 4.79 Å². The number of benzene rings is 3. The van der Waals surface area contributed by atoms with E-state index in [1.807, 2.05) is 0 Å². The molecule has 3 fully saturated rings. The average Bonchev–Trinajstić information content (AvgIpc) is 3.42. The number of hydrogen-bond acceptors (Lipinski definition) is 9. The Morgan fingerprint density at radius 2 is 1.66 bits per heavy atom. The van der Waals surface area contributed by atoms with Crippen LogP contribution in [0.5, 0.6) is 17.2 Å². The van der Waals surface area contributed by atoms with Crippen LogP contribution in [0.3, 0.4) is 0 Å². The smallest absolute Gasteiger partial charge is 0.260 e. The fourth-order valence-corrected chi connectivity index (χ4v) is 8.59. The zero-order chi connectivity index (χ0) is 33.4. The molecule has 2 aliphatic heterocycles. The Bertz CT molecular complexity index is 1880. The van der Waals surface area contributed by atoms with E-state index < -0.39 is 58.6 Å². The number of methoxy groups -OCH3 is 2. The van der Waals surface area contributed by atoms with Crippen LogP contribution in [-0.2, 0) is 24.6 Å². The van der Waals surface area contributed by atoms with Crippen molar-refractivity contribution in [3.05, 3.63) is 93.5 Å². The number of imide groups is 2. The number of aromatic hydroxyl groups is 1. The molecule has 0 unspecified atom stereocenters. The third kappa shape index (κ3) is 4.37. The molecule has 2 heterocycles. The minimum Gasteiger partial charge on any atom is -0.508 e. The van der Waals surface area contributed by atoms with Crippen LogP contribution in [0.4, 0.5) is 5.69 Å². The third-order valence-electron chi connectivity index (χ3n) is 10.1. The predicted octanol–water partition coefficient (Wildman–Crippen LogP) is 5.09. The number of anilines is 1. The number of fused-ring (bicyclic) bond motifs is 4. The lowest BCUT2D eigenvalue weighted by Crippen LogP contribution is -2.53. The monoisotopic (exact) mass is 677 g/mol. The molecule has 7 rings (SSSR count). The maximum Gasteiger partial charge on any atom is 0.260 e. The highest BCUT2D eigenvalue weighted by molar-refractivity contribution is 6.36. The lowest BCUT2D eigenvalue weighted by atomic mass is 9.49. The second kappa shape index (κ2) is 11.3. The number of carbonyl (C=O) groups is 4. The van der Waals surface area contributed by atoms with Crippen molar-refractivity contribution in [2.45, 2.75) is 24.2 Å². The molecule has 1 saturated carbocycles. The molecule has 0 bridgehead atoms. The summed E-state index contributed by atoms with van der Waals surface area (Å²) in [5.41, 5.74) is 2.78. The Kier molecular flexibility index (Phi) is 7.46. The van der Waals surface area contributed by atoms with E-state index in [9.17, 15) is 24.7 Å². The SMILES string of the molecule is COc1ccc([C@@]23C(=O)N(Nc4ccc(Cl)cc4Cl)C(=O)[C@@H]2C[C@@H]2C(=CC[C@@H]4C(=O)N(O)C(=O)[C@@H]42)[C@@H]3c2c(O)cccc2OC)cc1. The molecule has 3 N–H and O–H groups in total. The number of hydrazine groups is 1. The molecule has 3 aromatic carbocycles. The maximum absolute atomic E-state index is 15.2. The number of hydrogen-bond donors (Lipinski definition) is 3. The van der Waals surface area contributed by atoms with Crippen molar-refractivity contribution < 1.29 is 39.0 Å². The number of ether oxygens (including phenoxy) is 2. The van der Waals surface area contributed by atoms with Gasteiger partial charge in [-0.15, -0.1) is 0 Å². The standard InChI is InChI=1S/C34H29Cl2N3O8/c1-46-18-9-6-16(7-10-18)34-22(31(42)38(33(34)44)37-24-13-8-17(35)14-23(24)36)15-21-19(11-12-20-27(21)32(43)39(45)30(20)41)29(34)28-25(40)4-3-5-26(28)47-2/h3-11,13-14,20-22,27,29,37,40,45H,12,15H2,1-2H3/t20-,21+,22-,27-,29+,34+/m0/s1. The van der Waals surface area contributed by atoms with Gasteiger partial charge in [-0.1, -0.05) is 53.1 Å². The fourth-order valence-electron chi connectivity index (χ4n) is 8.14. The topological polar surface area (TPSA) is 146 Å². The molecule has 0 aromatic heterocycles. The molecule has 4 amide bonds. The second-order valence-electron chi connectivity index (χ2n) is 12.1. The summed E-state index contributed by atoms with van der Waals surface area (Å²) in [4.78, 5) is 56.2. The van der Waals surface area contributed by atoms with Gasteiger partial charge in [0.2, 0.25) is 0 Å². The van der Waals surface area contributed by atoms with Gasteiger partial charge in [-0.3, -0.25) is 29.8 Å². The van der Waals surface area contributed by atoms with Gasteiger partial charge in [-0.2, -0.15) is 10.1 Å². The summed E-state index contributed by atoms with van der Waals surface area (Å²) < 4.78 is 11.1. The van der Waals surface area contributed by atoms with Gasteiger partial charge in [0, 0.05) is 16.5 Å². The fraction of sp³-hybridized carbons (Fsp3) is 0.294. The molecule has 11 nitrogen and oxygen atoms in total. The first-order valence-electron chi connectivity index (χ1n) is 14.9. The number of rotatable bonds is 6. The Hall–Kier alpha value is -4.58. The van der Waals surface area contributed by atoms with Crippen LogP contribution in [0.15, 0.2) is 72.3 Å². The van der Waals surface area contributed by atoms with Crippen LogP contribution >= 0.6 is 23.2 Å². The number of phenols is 1. The normalized spacial score (nSPS) is 28.1. The van der Waals surface area contributed by atoms with Crippen LogP contribution < -0.4 is 14.9 Å². The highest BCUT2D eigenvalue weighted by Crippen LogP contribution is 2.65.